The summed E-state index contributed by atoms with van der Waals surface area (Å²) in [6, 6.07) is 11.1. The monoisotopic (exact) mass is 426 g/mol. The van der Waals surface area contributed by atoms with E-state index in [1.54, 1.807) is 0 Å². The van der Waals surface area contributed by atoms with Gasteiger partial charge in [-0.1, -0.05) is 29.8 Å². The highest BCUT2D eigenvalue weighted by atomic mass is 35.5. The molecular weight excluding hydrogens is 405 g/mol. The lowest BCUT2D eigenvalue weighted by atomic mass is 9.83. The van der Waals surface area contributed by atoms with Crippen LogP contribution in [0.2, 0.25) is 5.02 Å². The molecule has 0 radical (unpaired) electrons. The number of likely N-dealkylation sites (tertiary alicyclic amines) is 1. The molecule has 0 saturated carbocycles. The summed E-state index contributed by atoms with van der Waals surface area (Å²) >= 11 is 5.68. The van der Waals surface area contributed by atoms with Crippen molar-refractivity contribution in [2.75, 3.05) is 18.4 Å². The van der Waals surface area contributed by atoms with Crippen molar-refractivity contribution in [3.05, 3.63) is 64.2 Å². The average Bonchev–Trinajstić information content (AvgIpc) is 2.64. The molecule has 0 atom stereocenters. The first-order valence-electron chi connectivity index (χ1n) is 9.25. The summed E-state index contributed by atoms with van der Waals surface area (Å²) in [5.41, 5.74) is -0.218. The Balaban J connectivity index is 1.64. The molecule has 1 aliphatic heterocycles. The molecule has 0 aromatic heterocycles. The second kappa shape index (κ2) is 8.34. The fraction of sp³-hybridized carbons (Fsp3) is 0.381. The Morgan fingerprint density at radius 2 is 1.79 bits per heavy atom. The molecule has 1 fully saturated rings. The number of nitrogens with one attached hydrogen (secondary N) is 1. The summed E-state index contributed by atoms with van der Waals surface area (Å²) in [4.78, 5) is 13.2. The van der Waals surface area contributed by atoms with E-state index in [0.717, 1.165) is 17.3 Å². The van der Waals surface area contributed by atoms with Gasteiger partial charge in [-0.25, -0.2) is 0 Å². The fourth-order valence-electron chi connectivity index (χ4n) is 3.56. The summed E-state index contributed by atoms with van der Waals surface area (Å²) in [7, 11) is 0. The zero-order chi connectivity index (χ0) is 21.2. The molecule has 156 valence electrons. The van der Waals surface area contributed by atoms with E-state index in [1.165, 1.54) is 19.1 Å². The molecular formula is C21H22ClF3N2O2. The number of amides is 1. The minimum Gasteiger partial charge on any atom is -0.385 e. The van der Waals surface area contributed by atoms with Crippen LogP contribution in [0.25, 0.3) is 0 Å². The molecule has 2 aromatic carbocycles. The molecule has 4 nitrogen and oxygen atoms in total. The number of halogens is 4. The zero-order valence-electron chi connectivity index (χ0n) is 15.9. The van der Waals surface area contributed by atoms with Crippen LogP contribution >= 0.6 is 11.6 Å². The SMILES string of the molecule is CC(=O)Nc1ccc(CN2CCC(O)(c3ccc(Cl)c(C(F)(F)F)c3)CC2)cc1. The highest BCUT2D eigenvalue weighted by Crippen LogP contribution is 2.40. The summed E-state index contributed by atoms with van der Waals surface area (Å²) in [5, 5.41) is 13.3. The van der Waals surface area contributed by atoms with Crippen LogP contribution in [-0.4, -0.2) is 29.0 Å². The van der Waals surface area contributed by atoms with Crippen LogP contribution in [0.1, 0.15) is 36.5 Å². The zero-order valence-corrected chi connectivity index (χ0v) is 16.6. The molecule has 2 aromatic rings. The van der Waals surface area contributed by atoms with Gasteiger partial charge in [-0.15, -0.1) is 0 Å². The van der Waals surface area contributed by atoms with E-state index in [1.807, 2.05) is 24.3 Å². The number of benzene rings is 2. The van der Waals surface area contributed by atoms with Crippen molar-refractivity contribution in [1.82, 2.24) is 4.90 Å². The van der Waals surface area contributed by atoms with E-state index >= 15 is 0 Å². The van der Waals surface area contributed by atoms with Gasteiger partial charge in [-0.2, -0.15) is 13.2 Å². The lowest BCUT2D eigenvalue weighted by Gasteiger charge is -2.39. The third kappa shape index (κ3) is 5.29. The van der Waals surface area contributed by atoms with Crippen molar-refractivity contribution >= 4 is 23.2 Å². The van der Waals surface area contributed by atoms with Gasteiger partial charge in [0.1, 0.15) is 0 Å². The number of carbonyl (C=O) groups excluding carboxylic acids is 1. The van der Waals surface area contributed by atoms with E-state index < -0.39 is 17.3 Å². The van der Waals surface area contributed by atoms with Crippen LogP contribution in [0.4, 0.5) is 18.9 Å². The van der Waals surface area contributed by atoms with E-state index in [9.17, 15) is 23.1 Å². The smallest absolute Gasteiger partial charge is 0.385 e. The molecule has 1 saturated heterocycles. The van der Waals surface area contributed by atoms with Crippen molar-refractivity contribution in [2.45, 2.75) is 38.1 Å². The molecule has 29 heavy (non-hydrogen) atoms. The van der Waals surface area contributed by atoms with Crippen molar-refractivity contribution in [1.29, 1.82) is 0 Å². The largest absolute Gasteiger partial charge is 0.417 e. The minimum atomic E-state index is -4.56. The molecule has 1 heterocycles. The molecule has 3 rings (SSSR count). The molecule has 0 unspecified atom stereocenters. The quantitative estimate of drug-likeness (QED) is 0.738. The Labute approximate surface area is 172 Å². The Morgan fingerprint density at radius 3 is 2.34 bits per heavy atom. The normalized spacial score (nSPS) is 17.2. The Bertz CT molecular complexity index is 876. The van der Waals surface area contributed by atoms with Crippen molar-refractivity contribution < 1.29 is 23.1 Å². The van der Waals surface area contributed by atoms with Crippen molar-refractivity contribution in [3.63, 3.8) is 0 Å². The van der Waals surface area contributed by atoms with Gasteiger partial charge in [0.15, 0.2) is 0 Å². The summed E-state index contributed by atoms with van der Waals surface area (Å²) in [6.07, 6.45) is -3.90. The van der Waals surface area contributed by atoms with Gasteiger partial charge < -0.3 is 10.4 Å². The van der Waals surface area contributed by atoms with Crippen LogP contribution in [-0.2, 0) is 23.1 Å². The van der Waals surface area contributed by atoms with Gasteiger partial charge in [-0.05, 0) is 48.2 Å². The Kier molecular flexibility index (Phi) is 6.22. The number of hydrogen-bond donors (Lipinski definition) is 2. The standard InChI is InChI=1S/C21H22ClF3N2O2/c1-14(28)26-17-5-2-15(3-6-17)13-27-10-8-20(29,9-11-27)16-4-7-19(22)18(12-16)21(23,24)25/h2-7,12,29H,8-11,13H2,1H3,(H,26,28). The molecule has 2 N–H and O–H groups in total. The summed E-state index contributed by atoms with van der Waals surface area (Å²) < 4.78 is 39.4. The number of carbonyl (C=O) groups is 1. The lowest BCUT2D eigenvalue weighted by Crippen LogP contribution is -2.42. The molecule has 8 heteroatoms. The third-order valence-corrected chi connectivity index (χ3v) is 5.50. The van der Waals surface area contributed by atoms with Crippen LogP contribution in [0.3, 0.4) is 0 Å². The maximum Gasteiger partial charge on any atom is 0.417 e. The van der Waals surface area contributed by atoms with E-state index in [-0.39, 0.29) is 16.5 Å². The lowest BCUT2D eigenvalue weighted by molar-refractivity contribution is -0.137. The number of hydrogen-bond acceptors (Lipinski definition) is 3. The summed E-state index contributed by atoms with van der Waals surface area (Å²) in [6.45, 7) is 3.20. The minimum absolute atomic E-state index is 0.135. The topological polar surface area (TPSA) is 52.6 Å². The number of alkyl halides is 3. The second-order valence-corrected chi connectivity index (χ2v) is 7.79. The average molecular weight is 427 g/mol. The van der Waals surface area contributed by atoms with Gasteiger partial charge in [0.2, 0.25) is 5.91 Å². The molecule has 0 bridgehead atoms. The number of aliphatic hydroxyl groups is 1. The number of rotatable bonds is 4. The van der Waals surface area contributed by atoms with Crippen LogP contribution < -0.4 is 5.32 Å². The van der Waals surface area contributed by atoms with Gasteiger partial charge in [-0.3, -0.25) is 9.69 Å². The molecule has 1 aliphatic rings. The Hall–Kier alpha value is -2.09. The maximum absolute atomic E-state index is 13.1. The molecule has 0 spiro atoms. The van der Waals surface area contributed by atoms with E-state index in [4.69, 9.17) is 11.6 Å². The third-order valence-electron chi connectivity index (χ3n) is 5.17. The van der Waals surface area contributed by atoms with Gasteiger partial charge >= 0.3 is 6.18 Å². The maximum atomic E-state index is 13.1. The van der Waals surface area contributed by atoms with Gasteiger partial charge in [0, 0.05) is 32.2 Å². The second-order valence-electron chi connectivity index (χ2n) is 7.38. The first kappa shape index (κ1) is 21.6. The van der Waals surface area contributed by atoms with Crippen LogP contribution in [0.5, 0.6) is 0 Å². The molecule has 0 aliphatic carbocycles. The van der Waals surface area contributed by atoms with Crippen LogP contribution in [0, 0.1) is 0 Å². The van der Waals surface area contributed by atoms with E-state index in [2.05, 4.69) is 10.2 Å². The first-order valence-corrected chi connectivity index (χ1v) is 9.63. The van der Waals surface area contributed by atoms with E-state index in [0.29, 0.717) is 32.5 Å². The summed E-state index contributed by atoms with van der Waals surface area (Å²) in [5.74, 6) is -0.135. The first-order chi connectivity index (χ1) is 13.6. The number of nitrogens with zero attached hydrogens (tertiary/aromatic N) is 1. The number of anilines is 1. The fourth-order valence-corrected chi connectivity index (χ4v) is 3.78. The highest BCUT2D eigenvalue weighted by Gasteiger charge is 2.38. The van der Waals surface area contributed by atoms with Crippen molar-refractivity contribution in [2.24, 2.45) is 0 Å². The molecule has 1 amide bonds. The van der Waals surface area contributed by atoms with Gasteiger partial charge in [0.05, 0.1) is 16.2 Å². The predicted octanol–water partition coefficient (Wildman–Crippen LogP) is 4.80. The Morgan fingerprint density at radius 1 is 1.17 bits per heavy atom. The highest BCUT2D eigenvalue weighted by molar-refractivity contribution is 6.31. The van der Waals surface area contributed by atoms with Crippen LogP contribution in [0.15, 0.2) is 42.5 Å². The predicted molar refractivity (Wildman–Crippen MR) is 106 cm³/mol. The van der Waals surface area contributed by atoms with Gasteiger partial charge in [0.25, 0.3) is 0 Å². The van der Waals surface area contributed by atoms with Crippen molar-refractivity contribution in [3.8, 4) is 0 Å². The number of piperidine rings is 1.